The second kappa shape index (κ2) is 8.41. The average Bonchev–Trinajstić information content (AvgIpc) is 3.00. The van der Waals surface area contributed by atoms with E-state index in [1.54, 1.807) is 10.9 Å². The molecule has 0 aromatic carbocycles. The van der Waals surface area contributed by atoms with Crippen molar-refractivity contribution in [2.45, 2.75) is 26.8 Å². The molecule has 0 amide bonds. The van der Waals surface area contributed by atoms with Crippen LogP contribution in [0.5, 0.6) is 0 Å². The molecule has 0 unspecified atom stereocenters. The maximum atomic E-state index is 12.2. The van der Waals surface area contributed by atoms with Crippen LogP contribution < -0.4 is 0 Å². The van der Waals surface area contributed by atoms with E-state index in [4.69, 9.17) is 21.1 Å². The van der Waals surface area contributed by atoms with Crippen molar-refractivity contribution in [3.63, 3.8) is 0 Å². The molecule has 9 heteroatoms. The lowest BCUT2D eigenvalue weighted by molar-refractivity contribution is 0.0594. The number of fused-ring (bicyclic) bond motifs is 1. The summed E-state index contributed by atoms with van der Waals surface area (Å²) in [6.45, 7) is 5.39. The van der Waals surface area contributed by atoms with Crippen LogP contribution in [-0.2, 0) is 22.4 Å². The molecular weight excluding hydrogens is 370 g/mol. The molecule has 3 aromatic heterocycles. The molecule has 0 N–H and O–H groups in total. The summed E-state index contributed by atoms with van der Waals surface area (Å²) in [7, 11) is 1.30. The van der Waals surface area contributed by atoms with Crippen LogP contribution in [0.4, 0.5) is 0 Å². The number of hydrogen-bond acceptors (Lipinski definition) is 7. The van der Waals surface area contributed by atoms with Crippen LogP contribution in [0.2, 0.25) is 5.28 Å². The average molecular weight is 390 g/mol. The van der Waals surface area contributed by atoms with Gasteiger partial charge in [0.15, 0.2) is 5.69 Å². The highest BCUT2D eigenvalue weighted by atomic mass is 35.5. The highest BCUT2D eigenvalue weighted by molar-refractivity contribution is 6.28. The number of nitrogens with zero attached hydrogens (tertiary/aromatic N) is 5. The zero-order chi connectivity index (χ0) is 19.4. The Morgan fingerprint density at radius 2 is 2.15 bits per heavy atom. The van der Waals surface area contributed by atoms with Crippen molar-refractivity contribution in [2.75, 3.05) is 20.3 Å². The normalized spacial score (nSPS) is 11.1. The van der Waals surface area contributed by atoms with Crippen molar-refractivity contribution in [3.05, 3.63) is 46.3 Å². The van der Waals surface area contributed by atoms with Crippen LogP contribution >= 0.6 is 11.6 Å². The molecule has 0 spiro atoms. The minimum absolute atomic E-state index is 0.0414. The molecule has 0 aliphatic carbocycles. The number of carbonyl (C=O) groups is 1. The monoisotopic (exact) mass is 389 g/mol. The van der Waals surface area contributed by atoms with E-state index in [0.29, 0.717) is 42.9 Å². The molecule has 3 rings (SSSR count). The Labute approximate surface area is 161 Å². The number of carbonyl (C=O) groups excluding carboxylic acids is 1. The predicted octanol–water partition coefficient (Wildman–Crippen LogP) is 2.60. The van der Waals surface area contributed by atoms with Crippen LogP contribution in [0.15, 0.2) is 18.3 Å². The van der Waals surface area contributed by atoms with Crippen molar-refractivity contribution >= 4 is 28.6 Å². The van der Waals surface area contributed by atoms with Crippen molar-refractivity contribution < 1.29 is 14.3 Å². The third kappa shape index (κ3) is 4.23. The van der Waals surface area contributed by atoms with Gasteiger partial charge in [0.05, 0.1) is 26.0 Å². The van der Waals surface area contributed by atoms with E-state index in [9.17, 15) is 4.79 Å². The molecule has 142 valence electrons. The van der Waals surface area contributed by atoms with Gasteiger partial charge in [-0.1, -0.05) is 0 Å². The van der Waals surface area contributed by atoms with Gasteiger partial charge >= 0.3 is 5.97 Å². The van der Waals surface area contributed by atoms with E-state index in [1.165, 1.54) is 7.11 Å². The Balaban J connectivity index is 2.13. The number of halogens is 1. The summed E-state index contributed by atoms with van der Waals surface area (Å²) in [6.07, 6.45) is 2.18. The first-order chi connectivity index (χ1) is 13.0. The van der Waals surface area contributed by atoms with Gasteiger partial charge in [0.2, 0.25) is 5.28 Å². The van der Waals surface area contributed by atoms with Crippen molar-refractivity contribution in [1.29, 1.82) is 0 Å². The fraction of sp³-hybridized carbons (Fsp3) is 0.389. The first kappa shape index (κ1) is 19.2. The number of pyridine rings is 1. The molecule has 27 heavy (non-hydrogen) atoms. The van der Waals surface area contributed by atoms with E-state index < -0.39 is 5.97 Å². The summed E-state index contributed by atoms with van der Waals surface area (Å²) in [4.78, 5) is 25.1. The molecule has 0 aliphatic heterocycles. The van der Waals surface area contributed by atoms with Crippen LogP contribution in [-0.4, -0.2) is 51.0 Å². The minimum atomic E-state index is -0.579. The fourth-order valence-corrected chi connectivity index (χ4v) is 2.99. The van der Waals surface area contributed by atoms with E-state index >= 15 is 0 Å². The number of ether oxygens (including phenoxy) is 2. The molecule has 0 bridgehead atoms. The second-order valence-electron chi connectivity index (χ2n) is 5.90. The Bertz CT molecular complexity index is 973. The number of rotatable bonds is 7. The summed E-state index contributed by atoms with van der Waals surface area (Å²) in [5, 5.41) is 4.41. The van der Waals surface area contributed by atoms with E-state index in [2.05, 4.69) is 20.1 Å². The Hall–Kier alpha value is -2.58. The molecule has 0 aliphatic rings. The molecule has 0 saturated carbocycles. The third-order valence-electron chi connectivity index (χ3n) is 3.98. The molecule has 3 aromatic rings. The van der Waals surface area contributed by atoms with Crippen molar-refractivity contribution in [2.24, 2.45) is 0 Å². The Kier molecular flexibility index (Phi) is 5.98. The second-order valence-corrected chi connectivity index (χ2v) is 6.24. The topological polar surface area (TPSA) is 92.0 Å². The molecule has 3 heterocycles. The van der Waals surface area contributed by atoms with Crippen LogP contribution in [0.1, 0.15) is 34.4 Å². The molecule has 8 nitrogen and oxygen atoms in total. The van der Waals surface area contributed by atoms with Crippen molar-refractivity contribution in [1.82, 2.24) is 24.7 Å². The van der Waals surface area contributed by atoms with Gasteiger partial charge in [-0.15, -0.1) is 0 Å². The number of aryl methyl sites for hydroxylation is 1. The van der Waals surface area contributed by atoms with Gasteiger partial charge in [0.1, 0.15) is 11.0 Å². The number of methoxy groups -OCH3 is 1. The predicted molar refractivity (Wildman–Crippen MR) is 99.9 cm³/mol. The van der Waals surface area contributed by atoms with Gasteiger partial charge < -0.3 is 9.47 Å². The van der Waals surface area contributed by atoms with E-state index in [1.807, 2.05) is 26.0 Å². The summed E-state index contributed by atoms with van der Waals surface area (Å²) in [6, 6.07) is 3.90. The largest absolute Gasteiger partial charge is 0.464 e. The van der Waals surface area contributed by atoms with Crippen molar-refractivity contribution in [3.8, 4) is 0 Å². The van der Waals surface area contributed by atoms with Gasteiger partial charge in [-0.3, -0.25) is 9.67 Å². The minimum Gasteiger partial charge on any atom is -0.464 e. The quantitative estimate of drug-likeness (QED) is 0.348. The first-order valence-electron chi connectivity index (χ1n) is 8.54. The van der Waals surface area contributed by atoms with Gasteiger partial charge in [0, 0.05) is 24.9 Å². The molecule has 0 saturated heterocycles. The lowest BCUT2D eigenvalue weighted by Gasteiger charge is -2.08. The molecule has 0 radical (unpaired) electrons. The van der Waals surface area contributed by atoms with E-state index in [-0.39, 0.29) is 11.0 Å². The Morgan fingerprint density at radius 3 is 2.85 bits per heavy atom. The summed E-state index contributed by atoms with van der Waals surface area (Å²) in [5.41, 5.74) is 3.66. The third-order valence-corrected chi connectivity index (χ3v) is 4.15. The highest BCUT2D eigenvalue weighted by Crippen LogP contribution is 2.24. The standard InChI is InChI=1S/C18H20ClN5O3/c1-4-27-8-7-24-16-13(10-12-9-11(2)5-6-20-12)21-18(19)22-14(16)15(23-24)17(25)26-3/h5-6,9H,4,7-8,10H2,1-3H3. The fourth-order valence-electron chi connectivity index (χ4n) is 2.81. The van der Waals surface area contributed by atoms with Crippen LogP contribution in [0.25, 0.3) is 11.0 Å². The maximum Gasteiger partial charge on any atom is 0.360 e. The molecular formula is C18H20ClN5O3. The van der Waals surface area contributed by atoms with E-state index in [0.717, 1.165) is 11.3 Å². The zero-order valence-corrected chi connectivity index (χ0v) is 16.2. The first-order valence-corrected chi connectivity index (χ1v) is 8.91. The number of aromatic nitrogens is 5. The Morgan fingerprint density at radius 1 is 1.33 bits per heavy atom. The van der Waals surface area contributed by atoms with Gasteiger partial charge in [0.25, 0.3) is 0 Å². The maximum absolute atomic E-state index is 12.2. The van der Waals surface area contributed by atoms with Crippen LogP contribution in [0.3, 0.4) is 0 Å². The summed E-state index contributed by atoms with van der Waals surface area (Å²) < 4.78 is 11.9. The smallest absolute Gasteiger partial charge is 0.360 e. The summed E-state index contributed by atoms with van der Waals surface area (Å²) >= 11 is 6.12. The van der Waals surface area contributed by atoms with Crippen LogP contribution in [0, 0.1) is 6.92 Å². The SMILES string of the molecule is CCOCCn1nc(C(=O)OC)c2nc(Cl)nc(Cc3cc(C)ccn3)c21. The lowest BCUT2D eigenvalue weighted by atomic mass is 10.1. The van der Waals surface area contributed by atoms with Gasteiger partial charge in [-0.25, -0.2) is 14.8 Å². The lowest BCUT2D eigenvalue weighted by Crippen LogP contribution is -2.10. The highest BCUT2D eigenvalue weighted by Gasteiger charge is 2.23. The summed E-state index contributed by atoms with van der Waals surface area (Å²) in [5.74, 6) is -0.579. The number of esters is 1. The van der Waals surface area contributed by atoms with Gasteiger partial charge in [-0.2, -0.15) is 5.10 Å². The van der Waals surface area contributed by atoms with Gasteiger partial charge in [-0.05, 0) is 43.1 Å². The molecule has 0 fully saturated rings. The zero-order valence-electron chi connectivity index (χ0n) is 15.4. The number of hydrogen-bond donors (Lipinski definition) is 0. The molecule has 0 atom stereocenters.